The van der Waals surface area contributed by atoms with Gasteiger partial charge in [0, 0.05) is 11.6 Å². The molecule has 0 unspecified atom stereocenters. The number of benzene rings is 1. The molecule has 1 fully saturated rings. The van der Waals surface area contributed by atoms with E-state index < -0.39 is 12.2 Å². The average Bonchev–Trinajstić information content (AvgIpc) is 2.33. The molecule has 0 aliphatic carbocycles. The van der Waals surface area contributed by atoms with Gasteiger partial charge in [0.05, 0.1) is 5.69 Å². The summed E-state index contributed by atoms with van der Waals surface area (Å²) in [7, 11) is 0. The van der Waals surface area contributed by atoms with E-state index in [1.807, 2.05) is 0 Å². The van der Waals surface area contributed by atoms with Crippen molar-refractivity contribution in [3.8, 4) is 0 Å². The van der Waals surface area contributed by atoms with Gasteiger partial charge in [-0.2, -0.15) is 0 Å². The summed E-state index contributed by atoms with van der Waals surface area (Å²) in [5.74, 6) is -0.610. The van der Waals surface area contributed by atoms with E-state index >= 15 is 0 Å². The van der Waals surface area contributed by atoms with E-state index in [1.165, 1.54) is 12.1 Å². The highest BCUT2D eigenvalue weighted by atomic mass is 19.3. The molecule has 0 saturated carbocycles. The molecule has 0 aromatic heterocycles. The maximum Gasteiger partial charge on any atom is 0.263 e. The number of halogens is 3. The number of anilines is 1. The third-order valence-corrected chi connectivity index (χ3v) is 2.94. The number of rotatable bonds is 3. The van der Waals surface area contributed by atoms with Crippen LogP contribution in [0.15, 0.2) is 18.2 Å². The predicted molar refractivity (Wildman–Crippen MR) is 60.9 cm³/mol. The van der Waals surface area contributed by atoms with E-state index in [0.717, 1.165) is 32.0 Å². The van der Waals surface area contributed by atoms with Crippen LogP contribution >= 0.6 is 0 Å². The van der Waals surface area contributed by atoms with Crippen molar-refractivity contribution in [2.24, 2.45) is 0 Å². The number of hydrogen-bond acceptors (Lipinski definition) is 2. The molecule has 1 saturated heterocycles. The Morgan fingerprint density at radius 3 is 2.53 bits per heavy atom. The van der Waals surface area contributed by atoms with Gasteiger partial charge >= 0.3 is 0 Å². The quantitative estimate of drug-likeness (QED) is 0.854. The second-order valence-electron chi connectivity index (χ2n) is 4.21. The van der Waals surface area contributed by atoms with Gasteiger partial charge < -0.3 is 10.6 Å². The number of nitrogens with one attached hydrogen (secondary N) is 2. The molecule has 2 N–H and O–H groups in total. The Kier molecular flexibility index (Phi) is 3.89. The van der Waals surface area contributed by atoms with Crippen LogP contribution in [-0.2, 0) is 0 Å². The summed E-state index contributed by atoms with van der Waals surface area (Å²) >= 11 is 0. The zero-order chi connectivity index (χ0) is 12.3. The van der Waals surface area contributed by atoms with Crippen LogP contribution in [0.3, 0.4) is 0 Å². The summed E-state index contributed by atoms with van der Waals surface area (Å²) in [5, 5.41) is 6.26. The third-order valence-electron chi connectivity index (χ3n) is 2.94. The van der Waals surface area contributed by atoms with E-state index in [-0.39, 0.29) is 11.6 Å². The second kappa shape index (κ2) is 5.40. The first-order chi connectivity index (χ1) is 8.16. The molecule has 1 aromatic carbocycles. The van der Waals surface area contributed by atoms with Gasteiger partial charge in [0.1, 0.15) is 5.82 Å². The lowest BCUT2D eigenvalue weighted by atomic mass is 10.1. The van der Waals surface area contributed by atoms with Crippen LogP contribution in [0.5, 0.6) is 0 Å². The van der Waals surface area contributed by atoms with Crippen LogP contribution in [0, 0.1) is 5.82 Å². The van der Waals surface area contributed by atoms with Gasteiger partial charge in [0.15, 0.2) is 0 Å². The monoisotopic (exact) mass is 244 g/mol. The number of hydrogen-bond donors (Lipinski definition) is 2. The summed E-state index contributed by atoms with van der Waals surface area (Å²) in [6.45, 7) is 1.79. The Morgan fingerprint density at radius 1 is 1.24 bits per heavy atom. The van der Waals surface area contributed by atoms with Crippen molar-refractivity contribution in [2.75, 3.05) is 18.4 Å². The van der Waals surface area contributed by atoms with Gasteiger partial charge in [-0.05, 0) is 38.1 Å². The summed E-state index contributed by atoms with van der Waals surface area (Å²) in [4.78, 5) is 0. The minimum atomic E-state index is -2.63. The largest absolute Gasteiger partial charge is 0.380 e. The van der Waals surface area contributed by atoms with E-state index in [9.17, 15) is 13.2 Å². The summed E-state index contributed by atoms with van der Waals surface area (Å²) < 4.78 is 38.2. The molecule has 1 heterocycles. The molecule has 2 nitrogen and oxygen atoms in total. The fraction of sp³-hybridized carbons (Fsp3) is 0.500. The van der Waals surface area contributed by atoms with Crippen LogP contribution in [0.1, 0.15) is 24.8 Å². The standard InChI is InChI=1S/C12H15F3N2/c13-10-7-8(12(14)15)1-2-11(10)17-9-3-5-16-6-4-9/h1-2,7,9,12,16-17H,3-6H2. The molecular weight excluding hydrogens is 229 g/mol. The number of piperidine rings is 1. The number of alkyl halides is 2. The Morgan fingerprint density at radius 2 is 1.94 bits per heavy atom. The molecule has 1 aliphatic heterocycles. The fourth-order valence-corrected chi connectivity index (χ4v) is 1.97. The molecule has 0 amide bonds. The van der Waals surface area contributed by atoms with E-state index in [1.54, 1.807) is 0 Å². The van der Waals surface area contributed by atoms with Gasteiger partial charge in [0.2, 0.25) is 0 Å². The minimum absolute atomic E-state index is 0.211. The van der Waals surface area contributed by atoms with Crippen molar-refractivity contribution >= 4 is 5.69 Å². The minimum Gasteiger partial charge on any atom is -0.380 e. The molecule has 1 aromatic rings. The van der Waals surface area contributed by atoms with Crippen LogP contribution in [0.4, 0.5) is 18.9 Å². The van der Waals surface area contributed by atoms with Crippen molar-refractivity contribution in [1.82, 2.24) is 5.32 Å². The van der Waals surface area contributed by atoms with Gasteiger partial charge in [0.25, 0.3) is 6.43 Å². The van der Waals surface area contributed by atoms with Crippen molar-refractivity contribution in [3.63, 3.8) is 0 Å². The van der Waals surface area contributed by atoms with E-state index in [2.05, 4.69) is 10.6 Å². The highest BCUT2D eigenvalue weighted by molar-refractivity contribution is 5.47. The molecule has 2 rings (SSSR count). The Bertz CT molecular complexity index is 376. The molecule has 0 bridgehead atoms. The molecular formula is C12H15F3N2. The summed E-state index contributed by atoms with van der Waals surface area (Å²) in [5.41, 5.74) is 0.0275. The first kappa shape index (κ1) is 12.2. The van der Waals surface area contributed by atoms with Crippen LogP contribution in [0.25, 0.3) is 0 Å². The van der Waals surface area contributed by atoms with Crippen molar-refractivity contribution in [1.29, 1.82) is 0 Å². The average molecular weight is 244 g/mol. The highest BCUT2D eigenvalue weighted by Crippen LogP contribution is 2.24. The smallest absolute Gasteiger partial charge is 0.263 e. The van der Waals surface area contributed by atoms with Crippen molar-refractivity contribution in [2.45, 2.75) is 25.3 Å². The van der Waals surface area contributed by atoms with Crippen molar-refractivity contribution in [3.05, 3.63) is 29.6 Å². The summed E-state index contributed by atoms with van der Waals surface area (Å²) in [6.07, 6.45) is -0.802. The van der Waals surface area contributed by atoms with E-state index in [0.29, 0.717) is 5.69 Å². The Hall–Kier alpha value is -1.23. The van der Waals surface area contributed by atoms with Crippen LogP contribution in [0.2, 0.25) is 0 Å². The van der Waals surface area contributed by atoms with Crippen LogP contribution in [-0.4, -0.2) is 19.1 Å². The maximum absolute atomic E-state index is 13.6. The SMILES string of the molecule is Fc1cc(C(F)F)ccc1NC1CCNCC1. The highest BCUT2D eigenvalue weighted by Gasteiger charge is 2.15. The first-order valence-electron chi connectivity index (χ1n) is 5.71. The van der Waals surface area contributed by atoms with E-state index in [4.69, 9.17) is 0 Å². The molecule has 5 heteroatoms. The van der Waals surface area contributed by atoms with Gasteiger partial charge in [-0.15, -0.1) is 0 Å². The normalized spacial score (nSPS) is 17.4. The molecule has 1 aliphatic rings. The lowest BCUT2D eigenvalue weighted by Crippen LogP contribution is -2.35. The molecule has 94 valence electrons. The predicted octanol–water partition coefficient (Wildman–Crippen LogP) is 2.93. The second-order valence-corrected chi connectivity index (χ2v) is 4.21. The van der Waals surface area contributed by atoms with Gasteiger partial charge in [-0.25, -0.2) is 13.2 Å². The first-order valence-corrected chi connectivity index (χ1v) is 5.71. The lowest BCUT2D eigenvalue weighted by molar-refractivity contribution is 0.151. The zero-order valence-corrected chi connectivity index (χ0v) is 9.35. The topological polar surface area (TPSA) is 24.1 Å². The maximum atomic E-state index is 13.6. The summed E-state index contributed by atoms with van der Waals surface area (Å²) in [6, 6.07) is 3.76. The molecule has 0 radical (unpaired) electrons. The molecule has 17 heavy (non-hydrogen) atoms. The van der Waals surface area contributed by atoms with Gasteiger partial charge in [-0.1, -0.05) is 6.07 Å². The zero-order valence-electron chi connectivity index (χ0n) is 9.35. The lowest BCUT2D eigenvalue weighted by Gasteiger charge is -2.25. The van der Waals surface area contributed by atoms with Crippen molar-refractivity contribution < 1.29 is 13.2 Å². The Balaban J connectivity index is 2.05. The van der Waals surface area contributed by atoms with Crippen LogP contribution < -0.4 is 10.6 Å². The Labute approximate surface area is 98.2 Å². The van der Waals surface area contributed by atoms with Gasteiger partial charge in [-0.3, -0.25) is 0 Å². The molecule has 0 atom stereocenters. The fourth-order valence-electron chi connectivity index (χ4n) is 1.97. The third kappa shape index (κ3) is 3.12. The molecule has 0 spiro atoms.